The van der Waals surface area contributed by atoms with Crippen molar-refractivity contribution in [2.24, 2.45) is 0 Å². The Kier molecular flexibility index (Phi) is 2.29. The predicted molar refractivity (Wildman–Crippen MR) is 74.1 cm³/mol. The smallest absolute Gasteiger partial charge is 0.236 e. The zero-order chi connectivity index (χ0) is 13.5. The molecule has 4 rings (SSSR count). The third-order valence-corrected chi connectivity index (χ3v) is 3.45. The van der Waals surface area contributed by atoms with Crippen LogP contribution in [0.25, 0.3) is 0 Å². The fourth-order valence-electron chi connectivity index (χ4n) is 2.57. The van der Waals surface area contributed by atoms with Crippen LogP contribution in [0.1, 0.15) is 5.56 Å². The Labute approximate surface area is 115 Å². The second-order valence-corrected chi connectivity index (χ2v) is 4.67. The molecule has 0 radical (unpaired) electrons. The maximum absolute atomic E-state index is 12.2. The molecule has 1 amide bonds. The van der Waals surface area contributed by atoms with Crippen LogP contribution in [-0.2, 0) is 11.2 Å². The second-order valence-electron chi connectivity index (χ2n) is 4.67. The first-order valence-corrected chi connectivity index (χ1v) is 6.36. The molecule has 2 heterocycles. The third-order valence-electron chi connectivity index (χ3n) is 3.45. The van der Waals surface area contributed by atoms with E-state index in [1.54, 1.807) is 4.90 Å². The van der Waals surface area contributed by atoms with Crippen LogP contribution in [0.15, 0.2) is 55.0 Å². The van der Waals surface area contributed by atoms with Crippen molar-refractivity contribution < 1.29 is 14.3 Å². The minimum absolute atomic E-state index is 0.0680. The van der Waals surface area contributed by atoms with Crippen LogP contribution in [0.2, 0.25) is 0 Å². The van der Waals surface area contributed by atoms with Crippen molar-refractivity contribution in [2.75, 3.05) is 4.90 Å². The molecular formula is C16H11NO3. The van der Waals surface area contributed by atoms with Crippen molar-refractivity contribution in [3.63, 3.8) is 0 Å². The van der Waals surface area contributed by atoms with Crippen LogP contribution >= 0.6 is 0 Å². The SMILES string of the molecule is O=C1Cc2ccccc2N1c1ccc2c(c1)OC=CO2. The Morgan fingerprint density at radius 1 is 0.950 bits per heavy atom. The Hall–Kier alpha value is -2.75. The Morgan fingerprint density at radius 3 is 2.65 bits per heavy atom. The van der Waals surface area contributed by atoms with E-state index in [9.17, 15) is 4.79 Å². The van der Waals surface area contributed by atoms with Gasteiger partial charge in [-0.1, -0.05) is 18.2 Å². The van der Waals surface area contributed by atoms with E-state index in [2.05, 4.69) is 0 Å². The lowest BCUT2D eigenvalue weighted by Gasteiger charge is -2.20. The molecule has 2 aliphatic rings. The van der Waals surface area contributed by atoms with E-state index < -0.39 is 0 Å². The fourth-order valence-corrected chi connectivity index (χ4v) is 2.57. The Balaban J connectivity index is 1.80. The summed E-state index contributed by atoms with van der Waals surface area (Å²) in [6, 6.07) is 13.3. The molecule has 0 aliphatic carbocycles. The van der Waals surface area contributed by atoms with Gasteiger partial charge in [0.15, 0.2) is 11.5 Å². The van der Waals surface area contributed by atoms with Gasteiger partial charge in [0, 0.05) is 6.07 Å². The summed E-state index contributed by atoms with van der Waals surface area (Å²) in [7, 11) is 0. The highest BCUT2D eigenvalue weighted by Gasteiger charge is 2.28. The zero-order valence-electron chi connectivity index (χ0n) is 10.6. The average molecular weight is 265 g/mol. The number of carbonyl (C=O) groups excluding carboxylic acids is 1. The van der Waals surface area contributed by atoms with Gasteiger partial charge in [0.2, 0.25) is 5.91 Å². The number of nitrogens with zero attached hydrogens (tertiary/aromatic N) is 1. The van der Waals surface area contributed by atoms with Gasteiger partial charge in [-0.25, -0.2) is 0 Å². The number of anilines is 2. The number of hydrogen-bond acceptors (Lipinski definition) is 3. The molecule has 0 saturated carbocycles. The number of para-hydroxylation sites is 1. The van der Waals surface area contributed by atoms with Gasteiger partial charge in [0.1, 0.15) is 12.5 Å². The molecule has 0 bridgehead atoms. The van der Waals surface area contributed by atoms with Crippen LogP contribution in [0.3, 0.4) is 0 Å². The van der Waals surface area contributed by atoms with Crippen molar-refractivity contribution in [2.45, 2.75) is 6.42 Å². The molecule has 0 unspecified atom stereocenters. The molecule has 0 saturated heterocycles. The number of amides is 1. The average Bonchev–Trinajstić information content (AvgIpc) is 2.82. The minimum atomic E-state index is 0.0680. The first-order chi connectivity index (χ1) is 9.83. The highest BCUT2D eigenvalue weighted by atomic mass is 16.5. The van der Waals surface area contributed by atoms with Crippen molar-refractivity contribution in [3.8, 4) is 11.5 Å². The molecule has 0 fully saturated rings. The topological polar surface area (TPSA) is 38.8 Å². The monoisotopic (exact) mass is 265 g/mol. The van der Waals surface area contributed by atoms with Crippen molar-refractivity contribution in [1.82, 2.24) is 0 Å². The second kappa shape index (κ2) is 4.13. The largest absolute Gasteiger partial charge is 0.458 e. The van der Waals surface area contributed by atoms with Crippen molar-refractivity contribution in [3.05, 3.63) is 60.6 Å². The minimum Gasteiger partial charge on any atom is -0.458 e. The summed E-state index contributed by atoms with van der Waals surface area (Å²) < 4.78 is 10.7. The summed E-state index contributed by atoms with van der Waals surface area (Å²) in [5, 5.41) is 0. The summed E-state index contributed by atoms with van der Waals surface area (Å²) >= 11 is 0. The Morgan fingerprint density at radius 2 is 1.75 bits per heavy atom. The summed E-state index contributed by atoms with van der Waals surface area (Å²) in [4.78, 5) is 14.0. The summed E-state index contributed by atoms with van der Waals surface area (Å²) in [5.74, 6) is 1.33. The van der Waals surface area contributed by atoms with E-state index in [1.165, 1.54) is 12.5 Å². The van der Waals surface area contributed by atoms with E-state index in [4.69, 9.17) is 9.47 Å². The summed E-state index contributed by atoms with van der Waals surface area (Å²) in [6.45, 7) is 0. The normalized spacial score (nSPS) is 15.4. The lowest BCUT2D eigenvalue weighted by atomic mass is 10.2. The van der Waals surface area contributed by atoms with Crippen LogP contribution in [0.4, 0.5) is 11.4 Å². The lowest BCUT2D eigenvalue weighted by Crippen LogP contribution is -2.20. The van der Waals surface area contributed by atoms with Crippen molar-refractivity contribution in [1.29, 1.82) is 0 Å². The summed E-state index contributed by atoms with van der Waals surface area (Å²) in [6.07, 6.45) is 3.40. The van der Waals surface area contributed by atoms with E-state index >= 15 is 0 Å². The standard InChI is InChI=1S/C16H11NO3/c18-16-9-11-3-1-2-4-13(11)17(16)12-5-6-14-15(10-12)20-8-7-19-14/h1-8,10H,9H2. The van der Waals surface area contributed by atoms with E-state index in [-0.39, 0.29) is 5.91 Å². The van der Waals surface area contributed by atoms with Gasteiger partial charge in [0.25, 0.3) is 0 Å². The van der Waals surface area contributed by atoms with E-state index in [0.717, 1.165) is 16.9 Å². The number of ether oxygens (including phenoxy) is 2. The van der Waals surface area contributed by atoms with Crippen LogP contribution in [0, 0.1) is 0 Å². The number of benzene rings is 2. The molecule has 0 spiro atoms. The number of fused-ring (bicyclic) bond motifs is 2. The van der Waals surface area contributed by atoms with E-state index in [0.29, 0.717) is 17.9 Å². The molecule has 4 nitrogen and oxygen atoms in total. The molecule has 2 aromatic carbocycles. The van der Waals surface area contributed by atoms with Gasteiger partial charge >= 0.3 is 0 Å². The molecular weight excluding hydrogens is 254 g/mol. The predicted octanol–water partition coefficient (Wildman–Crippen LogP) is 3.15. The van der Waals surface area contributed by atoms with Gasteiger partial charge < -0.3 is 9.47 Å². The first-order valence-electron chi connectivity index (χ1n) is 6.36. The van der Waals surface area contributed by atoms with Gasteiger partial charge in [-0.2, -0.15) is 0 Å². The molecule has 4 heteroatoms. The van der Waals surface area contributed by atoms with Crippen LogP contribution < -0.4 is 14.4 Å². The van der Waals surface area contributed by atoms with Gasteiger partial charge in [-0.05, 0) is 23.8 Å². The highest BCUT2D eigenvalue weighted by molar-refractivity contribution is 6.07. The zero-order valence-corrected chi connectivity index (χ0v) is 10.6. The van der Waals surface area contributed by atoms with Crippen LogP contribution in [0.5, 0.6) is 11.5 Å². The maximum Gasteiger partial charge on any atom is 0.236 e. The maximum atomic E-state index is 12.2. The number of rotatable bonds is 1. The van der Waals surface area contributed by atoms with Gasteiger partial charge in [-0.15, -0.1) is 0 Å². The van der Waals surface area contributed by atoms with E-state index in [1.807, 2.05) is 42.5 Å². The molecule has 20 heavy (non-hydrogen) atoms. The summed E-state index contributed by atoms with van der Waals surface area (Å²) in [5.41, 5.74) is 2.77. The lowest BCUT2D eigenvalue weighted by molar-refractivity contribution is -0.116. The fraction of sp³-hybridized carbons (Fsp3) is 0.0625. The Bertz CT molecular complexity index is 736. The van der Waals surface area contributed by atoms with Crippen LogP contribution in [-0.4, -0.2) is 5.91 Å². The first kappa shape index (κ1) is 11.1. The quantitative estimate of drug-likeness (QED) is 0.795. The molecule has 2 aliphatic heterocycles. The van der Waals surface area contributed by atoms with Gasteiger partial charge in [-0.3, -0.25) is 9.69 Å². The molecule has 0 aromatic heterocycles. The third kappa shape index (κ3) is 1.58. The highest BCUT2D eigenvalue weighted by Crippen LogP contribution is 2.40. The molecule has 0 atom stereocenters. The number of carbonyl (C=O) groups is 1. The van der Waals surface area contributed by atoms with Crippen molar-refractivity contribution >= 4 is 17.3 Å². The molecule has 98 valence electrons. The molecule has 0 N–H and O–H groups in total. The number of hydrogen-bond donors (Lipinski definition) is 0. The molecule has 2 aromatic rings. The van der Waals surface area contributed by atoms with Gasteiger partial charge in [0.05, 0.1) is 17.8 Å².